The zero-order chi connectivity index (χ0) is 18.1. The zero-order valence-electron chi connectivity index (χ0n) is 14.8. The van der Waals surface area contributed by atoms with Crippen LogP contribution in [0.2, 0.25) is 0 Å². The average molecular weight is 348 g/mol. The Bertz CT molecular complexity index is 579. The van der Waals surface area contributed by atoms with Crippen LogP contribution >= 0.6 is 0 Å². The third-order valence-corrected chi connectivity index (χ3v) is 4.15. The monoisotopic (exact) mass is 348 g/mol. The van der Waals surface area contributed by atoms with Crippen molar-refractivity contribution >= 4 is 17.5 Å². The second kappa shape index (κ2) is 10.0. The Labute approximate surface area is 148 Å². The van der Waals surface area contributed by atoms with E-state index in [0.29, 0.717) is 37.7 Å². The molecule has 0 aromatic heterocycles. The number of benzene rings is 1. The molecule has 7 heteroatoms. The van der Waals surface area contributed by atoms with Crippen LogP contribution in [0.5, 0.6) is 5.75 Å². The molecule has 1 aromatic carbocycles. The number of ether oxygens (including phenoxy) is 1. The fourth-order valence-corrected chi connectivity index (χ4v) is 3.00. The second-order valence-electron chi connectivity index (χ2n) is 6.13. The van der Waals surface area contributed by atoms with Crippen LogP contribution in [0, 0.1) is 5.92 Å². The molecule has 0 aliphatic carbocycles. The van der Waals surface area contributed by atoms with Crippen LogP contribution in [0.1, 0.15) is 19.8 Å². The molecular formula is C18H28N4O3. The van der Waals surface area contributed by atoms with Crippen LogP contribution in [0.25, 0.3) is 0 Å². The Kier molecular flexibility index (Phi) is 7.69. The van der Waals surface area contributed by atoms with Crippen LogP contribution in [0.4, 0.5) is 5.69 Å². The van der Waals surface area contributed by atoms with Crippen molar-refractivity contribution in [3.05, 3.63) is 24.3 Å². The number of likely N-dealkylation sites (tertiary alicyclic amines) is 1. The Morgan fingerprint density at radius 2 is 2.16 bits per heavy atom. The summed E-state index contributed by atoms with van der Waals surface area (Å²) in [5.41, 5.74) is 6.09. The summed E-state index contributed by atoms with van der Waals surface area (Å²) in [4.78, 5) is 26.5. The molecule has 1 aliphatic rings. The first-order valence-corrected chi connectivity index (χ1v) is 8.85. The summed E-state index contributed by atoms with van der Waals surface area (Å²) in [7, 11) is 0. The molecule has 138 valence electrons. The molecule has 1 aliphatic heterocycles. The number of piperidine rings is 1. The quantitative estimate of drug-likeness (QED) is 0.646. The topological polar surface area (TPSA) is 96.7 Å². The molecule has 0 bridgehead atoms. The molecular weight excluding hydrogens is 320 g/mol. The molecule has 0 spiro atoms. The van der Waals surface area contributed by atoms with Crippen molar-refractivity contribution in [2.75, 3.05) is 44.6 Å². The van der Waals surface area contributed by atoms with Gasteiger partial charge in [0, 0.05) is 19.6 Å². The number of anilines is 1. The van der Waals surface area contributed by atoms with E-state index in [2.05, 4.69) is 10.6 Å². The minimum absolute atomic E-state index is 0.0252. The lowest BCUT2D eigenvalue weighted by Gasteiger charge is -2.31. The first-order valence-electron chi connectivity index (χ1n) is 8.85. The zero-order valence-corrected chi connectivity index (χ0v) is 14.8. The Hall–Kier alpha value is -2.12. The maximum absolute atomic E-state index is 12.4. The lowest BCUT2D eigenvalue weighted by Crippen LogP contribution is -2.46. The Morgan fingerprint density at radius 3 is 2.92 bits per heavy atom. The van der Waals surface area contributed by atoms with Gasteiger partial charge in [-0.15, -0.1) is 0 Å². The first-order chi connectivity index (χ1) is 12.1. The van der Waals surface area contributed by atoms with E-state index in [4.69, 9.17) is 10.5 Å². The minimum atomic E-state index is -0.102. The van der Waals surface area contributed by atoms with E-state index in [-0.39, 0.29) is 24.3 Å². The number of rotatable bonds is 8. The van der Waals surface area contributed by atoms with Gasteiger partial charge < -0.3 is 21.1 Å². The highest BCUT2D eigenvalue weighted by atomic mass is 16.5. The average Bonchev–Trinajstić information content (AvgIpc) is 2.61. The normalized spacial score (nSPS) is 17.8. The largest absolute Gasteiger partial charge is 0.492 e. The van der Waals surface area contributed by atoms with Crippen molar-refractivity contribution in [2.24, 2.45) is 11.7 Å². The molecule has 1 heterocycles. The lowest BCUT2D eigenvalue weighted by molar-refractivity contribution is -0.127. The van der Waals surface area contributed by atoms with Crippen molar-refractivity contribution in [1.29, 1.82) is 0 Å². The number of nitrogens with one attached hydrogen (secondary N) is 2. The fourth-order valence-electron chi connectivity index (χ4n) is 3.00. The summed E-state index contributed by atoms with van der Waals surface area (Å²) < 4.78 is 5.52. The first kappa shape index (κ1) is 19.2. The Balaban J connectivity index is 1.87. The lowest BCUT2D eigenvalue weighted by atomic mass is 9.97. The van der Waals surface area contributed by atoms with Crippen LogP contribution in [0.15, 0.2) is 24.3 Å². The highest BCUT2D eigenvalue weighted by Crippen LogP contribution is 2.24. The van der Waals surface area contributed by atoms with E-state index in [1.165, 1.54) is 0 Å². The molecule has 1 atom stereocenters. The molecule has 1 aromatic rings. The van der Waals surface area contributed by atoms with E-state index in [1.807, 2.05) is 36.1 Å². The van der Waals surface area contributed by atoms with Crippen LogP contribution in [-0.2, 0) is 9.59 Å². The van der Waals surface area contributed by atoms with Crippen LogP contribution < -0.4 is 21.1 Å². The van der Waals surface area contributed by atoms with Gasteiger partial charge >= 0.3 is 0 Å². The number of nitrogens with zero attached hydrogens (tertiary/aromatic N) is 1. The molecule has 1 saturated heterocycles. The predicted molar refractivity (Wildman–Crippen MR) is 97.5 cm³/mol. The van der Waals surface area contributed by atoms with Crippen molar-refractivity contribution in [1.82, 2.24) is 10.2 Å². The van der Waals surface area contributed by atoms with E-state index < -0.39 is 0 Å². The predicted octanol–water partition coefficient (Wildman–Crippen LogP) is 0.811. The van der Waals surface area contributed by atoms with Gasteiger partial charge in [0.15, 0.2) is 0 Å². The molecule has 0 radical (unpaired) electrons. The van der Waals surface area contributed by atoms with Gasteiger partial charge in [0.05, 0.1) is 24.8 Å². The number of hydrogen-bond acceptors (Lipinski definition) is 5. The number of hydrogen-bond donors (Lipinski definition) is 3. The highest BCUT2D eigenvalue weighted by Gasteiger charge is 2.26. The third-order valence-electron chi connectivity index (χ3n) is 4.15. The van der Waals surface area contributed by atoms with Crippen molar-refractivity contribution in [2.45, 2.75) is 19.8 Å². The minimum Gasteiger partial charge on any atom is -0.492 e. The molecule has 4 N–H and O–H groups in total. The van der Waals surface area contributed by atoms with Crippen molar-refractivity contribution in [3.63, 3.8) is 0 Å². The van der Waals surface area contributed by atoms with E-state index in [9.17, 15) is 9.59 Å². The van der Waals surface area contributed by atoms with Gasteiger partial charge in [-0.2, -0.15) is 0 Å². The SMILES string of the molecule is CCOc1ccccc1NC(=O)CN1CCCC(C(=O)NCCN)C1. The van der Waals surface area contributed by atoms with Crippen LogP contribution in [0.3, 0.4) is 0 Å². The Morgan fingerprint density at radius 1 is 1.36 bits per heavy atom. The van der Waals surface area contributed by atoms with Gasteiger partial charge in [0.25, 0.3) is 0 Å². The van der Waals surface area contributed by atoms with E-state index in [0.717, 1.165) is 19.4 Å². The van der Waals surface area contributed by atoms with Gasteiger partial charge in [-0.1, -0.05) is 12.1 Å². The number of para-hydroxylation sites is 2. The van der Waals surface area contributed by atoms with Gasteiger partial charge in [-0.25, -0.2) is 0 Å². The summed E-state index contributed by atoms with van der Waals surface area (Å²) in [6, 6.07) is 7.38. The molecule has 1 fully saturated rings. The number of nitrogens with two attached hydrogens (primary N) is 1. The maximum Gasteiger partial charge on any atom is 0.238 e. The summed E-state index contributed by atoms with van der Waals surface area (Å²) in [5, 5.41) is 5.73. The molecule has 25 heavy (non-hydrogen) atoms. The number of carbonyl (C=O) groups excluding carboxylic acids is 2. The smallest absolute Gasteiger partial charge is 0.238 e. The fraction of sp³-hybridized carbons (Fsp3) is 0.556. The van der Waals surface area contributed by atoms with Crippen LogP contribution in [-0.4, -0.2) is 56.0 Å². The van der Waals surface area contributed by atoms with Gasteiger partial charge in [0.2, 0.25) is 11.8 Å². The van der Waals surface area contributed by atoms with Gasteiger partial charge in [0.1, 0.15) is 5.75 Å². The second-order valence-corrected chi connectivity index (χ2v) is 6.13. The summed E-state index contributed by atoms with van der Waals surface area (Å²) in [6.07, 6.45) is 1.76. The number of amides is 2. The summed E-state index contributed by atoms with van der Waals surface area (Å²) >= 11 is 0. The van der Waals surface area contributed by atoms with Gasteiger partial charge in [-0.05, 0) is 38.4 Å². The van der Waals surface area contributed by atoms with E-state index in [1.54, 1.807) is 0 Å². The summed E-state index contributed by atoms with van der Waals surface area (Å²) in [6.45, 7) is 5.05. The highest BCUT2D eigenvalue weighted by molar-refractivity contribution is 5.93. The third kappa shape index (κ3) is 6.03. The van der Waals surface area contributed by atoms with Crippen molar-refractivity contribution in [3.8, 4) is 5.75 Å². The number of carbonyl (C=O) groups is 2. The molecule has 1 unspecified atom stereocenters. The molecule has 2 amide bonds. The molecule has 7 nitrogen and oxygen atoms in total. The molecule has 0 saturated carbocycles. The van der Waals surface area contributed by atoms with Gasteiger partial charge in [-0.3, -0.25) is 14.5 Å². The van der Waals surface area contributed by atoms with Crippen molar-refractivity contribution < 1.29 is 14.3 Å². The maximum atomic E-state index is 12.4. The standard InChI is InChI=1S/C18H28N4O3/c1-2-25-16-8-4-3-7-15(16)21-17(23)13-22-11-5-6-14(12-22)18(24)20-10-9-19/h3-4,7-8,14H,2,5-6,9-13,19H2,1H3,(H,20,24)(H,21,23). The van der Waals surface area contributed by atoms with E-state index >= 15 is 0 Å². The molecule has 2 rings (SSSR count). The summed E-state index contributed by atoms with van der Waals surface area (Å²) in [5.74, 6) is 0.507.